The van der Waals surface area contributed by atoms with Crippen LogP contribution in [0.1, 0.15) is 12.8 Å². The zero-order valence-electron chi connectivity index (χ0n) is 12.6. The Morgan fingerprint density at radius 2 is 2.04 bits per heavy atom. The minimum absolute atomic E-state index is 0.288. The topological polar surface area (TPSA) is 83.6 Å². The average molecular weight is 327 g/mol. The highest BCUT2D eigenvalue weighted by Gasteiger charge is 2.31. The highest BCUT2D eigenvalue weighted by Crippen LogP contribution is 2.26. The molecule has 1 fully saturated rings. The molecule has 0 saturated carbocycles. The van der Waals surface area contributed by atoms with Gasteiger partial charge in [-0.3, -0.25) is 0 Å². The van der Waals surface area contributed by atoms with Crippen molar-refractivity contribution >= 4 is 17.4 Å². The second-order valence-electron chi connectivity index (χ2n) is 5.65. The number of fused-ring (bicyclic) bond motifs is 1. The van der Waals surface area contributed by atoms with Crippen molar-refractivity contribution in [2.45, 2.75) is 18.9 Å². The molecular weight excluding hydrogens is 313 g/mol. The Hall–Kier alpha value is -3.03. The number of carboxylic acids is 1. The molecular formula is C16H14FN5O2. The third-order valence-corrected chi connectivity index (χ3v) is 4.20. The van der Waals surface area contributed by atoms with E-state index < -0.39 is 17.8 Å². The monoisotopic (exact) mass is 327 g/mol. The van der Waals surface area contributed by atoms with Crippen molar-refractivity contribution in [2.75, 3.05) is 11.4 Å². The molecule has 1 aliphatic heterocycles. The van der Waals surface area contributed by atoms with Crippen molar-refractivity contribution in [1.29, 1.82) is 0 Å². The molecule has 1 saturated heterocycles. The number of halogens is 1. The Kier molecular flexibility index (Phi) is 3.37. The molecule has 0 radical (unpaired) electrons. The van der Waals surface area contributed by atoms with Crippen molar-refractivity contribution in [3.05, 3.63) is 42.2 Å². The number of anilines is 1. The summed E-state index contributed by atoms with van der Waals surface area (Å²) in [5, 5.41) is 21.8. The van der Waals surface area contributed by atoms with Gasteiger partial charge in [0.25, 0.3) is 0 Å². The fourth-order valence-electron chi connectivity index (χ4n) is 3.04. The number of aromatic nitrogens is 4. The van der Waals surface area contributed by atoms with Gasteiger partial charge >= 0.3 is 5.97 Å². The highest BCUT2D eigenvalue weighted by molar-refractivity contribution is 5.78. The minimum Gasteiger partial charge on any atom is -0.480 e. The van der Waals surface area contributed by atoms with Gasteiger partial charge in [0.2, 0.25) is 0 Å². The number of hydrogen-bond acceptors (Lipinski definition) is 5. The quantitative estimate of drug-likeness (QED) is 0.792. The summed E-state index contributed by atoms with van der Waals surface area (Å²) in [5.41, 5.74) is 0.772. The summed E-state index contributed by atoms with van der Waals surface area (Å²) in [6, 6.07) is 9.10. The number of benzene rings is 1. The van der Waals surface area contributed by atoms with Crippen LogP contribution in [0.15, 0.2) is 36.4 Å². The molecule has 1 N–H and O–H groups in total. The first-order valence-corrected chi connectivity index (χ1v) is 7.62. The lowest BCUT2D eigenvalue weighted by Crippen LogP contribution is -2.36. The Labute approximate surface area is 136 Å². The highest BCUT2D eigenvalue weighted by atomic mass is 19.1. The smallest absolute Gasteiger partial charge is 0.326 e. The van der Waals surface area contributed by atoms with Gasteiger partial charge < -0.3 is 10.0 Å². The molecule has 7 nitrogen and oxygen atoms in total. The van der Waals surface area contributed by atoms with Crippen LogP contribution in [0.25, 0.3) is 17.0 Å². The molecule has 2 aromatic heterocycles. The van der Waals surface area contributed by atoms with Gasteiger partial charge in [0, 0.05) is 6.54 Å². The van der Waals surface area contributed by atoms with Gasteiger partial charge in [0.1, 0.15) is 17.7 Å². The molecule has 0 spiro atoms. The Morgan fingerprint density at radius 3 is 2.83 bits per heavy atom. The van der Waals surface area contributed by atoms with E-state index in [1.54, 1.807) is 35.2 Å². The zero-order valence-corrected chi connectivity index (χ0v) is 12.6. The number of carbonyl (C=O) groups is 1. The standard InChI is InChI=1S/C16H14FN5O2/c17-11-5-2-1-4-10(11)15-19-18-13-7-8-14(20-22(13)15)21-9-3-6-12(21)16(23)24/h1-2,4-5,7-8,12H,3,6,9H2,(H,23,24)/t12-/m0/s1. The summed E-state index contributed by atoms with van der Waals surface area (Å²) < 4.78 is 15.5. The van der Waals surface area contributed by atoms with Crippen LogP contribution in [0.2, 0.25) is 0 Å². The molecule has 122 valence electrons. The molecule has 1 aromatic carbocycles. The average Bonchev–Trinajstić information content (AvgIpc) is 3.21. The van der Waals surface area contributed by atoms with Crippen LogP contribution >= 0.6 is 0 Å². The lowest BCUT2D eigenvalue weighted by atomic mass is 10.2. The first-order valence-electron chi connectivity index (χ1n) is 7.62. The van der Waals surface area contributed by atoms with Gasteiger partial charge in [-0.1, -0.05) is 12.1 Å². The fraction of sp³-hybridized carbons (Fsp3) is 0.250. The lowest BCUT2D eigenvalue weighted by Gasteiger charge is -2.22. The number of carboxylic acid groups (broad SMARTS) is 1. The van der Waals surface area contributed by atoms with Crippen molar-refractivity contribution < 1.29 is 14.3 Å². The summed E-state index contributed by atoms with van der Waals surface area (Å²) in [7, 11) is 0. The number of aliphatic carboxylic acids is 1. The predicted octanol–water partition coefficient (Wildman–Crippen LogP) is 1.98. The van der Waals surface area contributed by atoms with E-state index in [0.717, 1.165) is 6.42 Å². The van der Waals surface area contributed by atoms with Crippen LogP contribution in [0, 0.1) is 5.82 Å². The molecule has 24 heavy (non-hydrogen) atoms. The van der Waals surface area contributed by atoms with E-state index in [1.807, 2.05) is 0 Å². The van der Waals surface area contributed by atoms with E-state index >= 15 is 0 Å². The van der Waals surface area contributed by atoms with Crippen LogP contribution < -0.4 is 4.90 Å². The third kappa shape index (κ3) is 2.27. The normalized spacial score (nSPS) is 17.5. The van der Waals surface area contributed by atoms with E-state index in [1.165, 1.54) is 10.6 Å². The molecule has 1 atom stereocenters. The molecule has 0 unspecified atom stereocenters. The Bertz CT molecular complexity index is 926. The zero-order chi connectivity index (χ0) is 16.7. The molecule has 0 bridgehead atoms. The van der Waals surface area contributed by atoms with Gasteiger partial charge in [-0.05, 0) is 37.1 Å². The Morgan fingerprint density at radius 1 is 1.21 bits per heavy atom. The summed E-state index contributed by atoms with van der Waals surface area (Å²) in [6.07, 6.45) is 1.37. The SMILES string of the molecule is O=C(O)[C@@H]1CCCN1c1ccc2nnc(-c3ccccc3F)n2n1. The van der Waals surface area contributed by atoms with E-state index in [0.29, 0.717) is 30.0 Å². The van der Waals surface area contributed by atoms with Crippen LogP contribution in [0.5, 0.6) is 0 Å². The third-order valence-electron chi connectivity index (χ3n) is 4.20. The van der Waals surface area contributed by atoms with E-state index in [2.05, 4.69) is 15.3 Å². The predicted molar refractivity (Wildman–Crippen MR) is 84.2 cm³/mol. The van der Waals surface area contributed by atoms with Gasteiger partial charge in [-0.15, -0.1) is 15.3 Å². The minimum atomic E-state index is -0.868. The molecule has 4 rings (SSSR count). The van der Waals surface area contributed by atoms with Gasteiger partial charge in [-0.2, -0.15) is 4.52 Å². The lowest BCUT2D eigenvalue weighted by molar-refractivity contribution is -0.138. The van der Waals surface area contributed by atoms with Gasteiger partial charge in [0.15, 0.2) is 11.5 Å². The first kappa shape index (κ1) is 14.6. The van der Waals surface area contributed by atoms with Crippen LogP contribution in [-0.2, 0) is 4.79 Å². The molecule has 1 aliphatic rings. The molecule has 8 heteroatoms. The summed E-state index contributed by atoms with van der Waals surface area (Å²) in [4.78, 5) is 13.1. The summed E-state index contributed by atoms with van der Waals surface area (Å²) in [6.45, 7) is 0.618. The largest absolute Gasteiger partial charge is 0.480 e. The second-order valence-corrected chi connectivity index (χ2v) is 5.65. The van der Waals surface area contributed by atoms with E-state index in [-0.39, 0.29) is 5.82 Å². The summed E-state index contributed by atoms with van der Waals surface area (Å²) >= 11 is 0. The fourth-order valence-corrected chi connectivity index (χ4v) is 3.04. The maximum absolute atomic E-state index is 14.1. The molecule has 3 heterocycles. The van der Waals surface area contributed by atoms with Crippen molar-refractivity contribution in [2.24, 2.45) is 0 Å². The Balaban J connectivity index is 1.82. The van der Waals surface area contributed by atoms with E-state index in [4.69, 9.17) is 0 Å². The number of nitrogens with zero attached hydrogens (tertiary/aromatic N) is 5. The van der Waals surface area contributed by atoms with Gasteiger partial charge in [0.05, 0.1) is 5.56 Å². The van der Waals surface area contributed by atoms with Crippen molar-refractivity contribution in [3.8, 4) is 11.4 Å². The number of rotatable bonds is 3. The maximum Gasteiger partial charge on any atom is 0.326 e. The van der Waals surface area contributed by atoms with Crippen molar-refractivity contribution in [1.82, 2.24) is 19.8 Å². The van der Waals surface area contributed by atoms with Crippen LogP contribution in [-0.4, -0.2) is 43.5 Å². The van der Waals surface area contributed by atoms with Crippen LogP contribution in [0.3, 0.4) is 0 Å². The molecule has 3 aromatic rings. The molecule has 0 aliphatic carbocycles. The van der Waals surface area contributed by atoms with Crippen molar-refractivity contribution in [3.63, 3.8) is 0 Å². The first-order chi connectivity index (χ1) is 11.6. The summed E-state index contributed by atoms with van der Waals surface area (Å²) in [5.74, 6) is -0.475. The number of hydrogen-bond donors (Lipinski definition) is 1. The van der Waals surface area contributed by atoms with Gasteiger partial charge in [-0.25, -0.2) is 9.18 Å². The maximum atomic E-state index is 14.1. The van der Waals surface area contributed by atoms with E-state index in [9.17, 15) is 14.3 Å². The van der Waals surface area contributed by atoms with Crippen LogP contribution in [0.4, 0.5) is 10.2 Å². The second kappa shape index (κ2) is 5.55. The molecule has 0 amide bonds.